The van der Waals surface area contributed by atoms with Gasteiger partial charge in [-0.1, -0.05) is 60.7 Å². The zero-order chi connectivity index (χ0) is 42.5. The number of nitrogens with zero attached hydrogens (tertiary/aromatic N) is 6. The maximum absolute atomic E-state index is 14.7. The van der Waals surface area contributed by atoms with Crippen LogP contribution in [0.4, 0.5) is 34.1 Å². The van der Waals surface area contributed by atoms with Gasteiger partial charge in [-0.2, -0.15) is 0 Å². The minimum atomic E-state index is -0.725. The van der Waals surface area contributed by atoms with Gasteiger partial charge in [0.2, 0.25) is 0 Å². The summed E-state index contributed by atoms with van der Waals surface area (Å²) in [7, 11) is 4.15. The van der Waals surface area contributed by atoms with Crippen molar-refractivity contribution in [3.05, 3.63) is 204 Å². The number of hydrogen-bond acceptors (Lipinski definition) is 10. The molecule has 0 aromatic heterocycles. The van der Waals surface area contributed by atoms with Crippen molar-refractivity contribution in [1.82, 2.24) is 9.80 Å². The number of rotatable bonds is 7. The van der Waals surface area contributed by atoms with Crippen LogP contribution in [0.15, 0.2) is 158 Å². The van der Waals surface area contributed by atoms with Crippen molar-refractivity contribution in [2.45, 2.75) is 32.5 Å². The number of esters is 2. The molecule has 0 radical (unpaired) electrons. The van der Waals surface area contributed by atoms with Crippen molar-refractivity contribution in [3.63, 3.8) is 0 Å². The van der Waals surface area contributed by atoms with Crippen LogP contribution in [0, 0.1) is 12.1 Å². The third-order valence-electron chi connectivity index (χ3n) is 11.3. The standard InChI is InChI=1S/C51H42N6O4.Pt/c1-51(2)45-25-13-23-43(49(58)60-33-37-15-7-5-8-16-37)47(45)57(48-44(24-14-26-46(48)51)50(59)61-34-38-17-9-6-10-18-38)56(41-21-11-19-39(31-41)54-29-27-52(3)35-54)42-22-12-20-40(32-42)55-30-28-53(4)36-55;/h5-30H,33-34H2,1-4H3;/q-2;. The fourth-order valence-corrected chi connectivity index (χ4v) is 11.2. The summed E-state index contributed by atoms with van der Waals surface area (Å²) in [4.78, 5) is 38.1. The molecule has 4 bridgehead atoms. The van der Waals surface area contributed by atoms with Crippen molar-refractivity contribution in [3.8, 4) is 0 Å². The second kappa shape index (κ2) is 15.8. The zero-order valence-electron chi connectivity index (χ0n) is 34.6. The van der Waals surface area contributed by atoms with Crippen molar-refractivity contribution in [1.29, 1.82) is 0 Å². The van der Waals surface area contributed by atoms with Crippen molar-refractivity contribution < 1.29 is 36.7 Å². The van der Waals surface area contributed by atoms with Crippen molar-refractivity contribution in [2.75, 3.05) is 33.9 Å². The summed E-state index contributed by atoms with van der Waals surface area (Å²) in [5, 5.41) is 4.01. The number of hydrazine groups is 1. The quantitative estimate of drug-likeness (QED) is 0.114. The molecule has 62 heavy (non-hydrogen) atoms. The second-order valence-corrected chi connectivity index (χ2v) is 18.3. The van der Waals surface area contributed by atoms with Gasteiger partial charge in [-0.15, -0.1) is 0 Å². The Balaban J connectivity index is 1.23. The van der Waals surface area contributed by atoms with Gasteiger partial charge in [-0.3, -0.25) is 0 Å². The van der Waals surface area contributed by atoms with Crippen LogP contribution in [0.3, 0.4) is 0 Å². The second-order valence-electron chi connectivity index (χ2n) is 15.7. The summed E-state index contributed by atoms with van der Waals surface area (Å²) in [5.41, 5.74) is 7.61. The van der Waals surface area contributed by atoms with E-state index in [2.05, 4.69) is 109 Å². The van der Waals surface area contributed by atoms with Crippen LogP contribution in [-0.2, 0) is 45.7 Å². The van der Waals surface area contributed by atoms with Gasteiger partial charge in [0.15, 0.2) is 0 Å². The van der Waals surface area contributed by atoms with Crippen LogP contribution in [0.25, 0.3) is 0 Å². The van der Waals surface area contributed by atoms with E-state index >= 15 is 0 Å². The van der Waals surface area contributed by atoms with E-state index in [1.54, 1.807) is 12.1 Å². The Morgan fingerprint density at radius 1 is 0.516 bits per heavy atom. The van der Waals surface area contributed by atoms with E-state index in [4.69, 9.17) is 9.47 Å². The molecule has 6 aromatic carbocycles. The van der Waals surface area contributed by atoms with Crippen LogP contribution in [0.2, 0.25) is 0 Å². The first-order chi connectivity index (χ1) is 30.2. The number of ether oxygens (including phenoxy) is 2. The van der Waals surface area contributed by atoms with Gasteiger partial charge >= 0.3 is 299 Å². The minimum absolute atomic E-state index is 0.0889. The molecule has 0 atom stereocenters. The number of carbonyl (C=O) groups excluding carboxylic acids is 2. The summed E-state index contributed by atoms with van der Waals surface area (Å²) in [6, 6.07) is 50.5. The third-order valence-corrected chi connectivity index (χ3v) is 15.1. The monoisotopic (exact) mass is 997 g/mol. The number of para-hydroxylation sites is 2. The molecule has 312 valence electrons. The molecule has 0 spiro atoms. The predicted octanol–water partition coefficient (Wildman–Crippen LogP) is 9.25. The Morgan fingerprint density at radius 2 is 0.935 bits per heavy atom. The molecular weight excluding hydrogens is 956 g/mol. The van der Waals surface area contributed by atoms with Gasteiger partial charge in [0.05, 0.1) is 0 Å². The van der Waals surface area contributed by atoms with Gasteiger partial charge in [-0.05, 0) is 11.1 Å². The molecule has 10 rings (SSSR count). The molecule has 0 saturated heterocycles. The summed E-state index contributed by atoms with van der Waals surface area (Å²) >= 11 is -0.725. The van der Waals surface area contributed by atoms with E-state index in [9.17, 15) is 9.59 Å². The van der Waals surface area contributed by atoms with Crippen LogP contribution >= 0.6 is 0 Å². The van der Waals surface area contributed by atoms with Crippen LogP contribution in [0.5, 0.6) is 0 Å². The zero-order valence-corrected chi connectivity index (χ0v) is 36.8. The molecule has 0 fully saturated rings. The molecule has 0 N–H and O–H groups in total. The topological polar surface area (TPSA) is 72.0 Å². The molecule has 0 unspecified atom stereocenters. The number of fused-ring (bicyclic) bond motifs is 10. The third kappa shape index (κ3) is 6.81. The van der Waals surface area contributed by atoms with Crippen LogP contribution < -0.4 is 19.8 Å². The van der Waals surface area contributed by atoms with Crippen molar-refractivity contribution in [2.24, 2.45) is 0 Å². The fraction of sp³-hybridized carbons (Fsp3) is 0.137. The van der Waals surface area contributed by atoms with Crippen molar-refractivity contribution >= 4 is 54.4 Å². The van der Waals surface area contributed by atoms with Gasteiger partial charge in [0, 0.05) is 0 Å². The average molecular weight is 998 g/mol. The van der Waals surface area contributed by atoms with Gasteiger partial charge in [0.1, 0.15) is 0 Å². The van der Waals surface area contributed by atoms with E-state index in [-0.39, 0.29) is 13.2 Å². The molecule has 6 aromatic rings. The van der Waals surface area contributed by atoms with E-state index in [1.165, 1.54) is 0 Å². The summed E-state index contributed by atoms with van der Waals surface area (Å²) < 4.78 is 14.5. The maximum atomic E-state index is 14.7. The van der Waals surface area contributed by atoms with Gasteiger partial charge in [0.25, 0.3) is 0 Å². The Bertz CT molecular complexity index is 2700. The van der Waals surface area contributed by atoms with E-state index < -0.39 is 35.0 Å². The molecule has 4 heterocycles. The number of benzene rings is 6. The molecule has 0 saturated carbocycles. The van der Waals surface area contributed by atoms with Crippen LogP contribution in [0.1, 0.15) is 56.8 Å². The molecule has 4 aliphatic heterocycles. The Morgan fingerprint density at radius 3 is 1.39 bits per heavy atom. The Hall–Kier alpha value is -7.03. The van der Waals surface area contributed by atoms with Gasteiger partial charge < -0.3 is 0 Å². The predicted molar refractivity (Wildman–Crippen MR) is 240 cm³/mol. The molecule has 11 heteroatoms. The summed E-state index contributed by atoms with van der Waals surface area (Å²) in [6.07, 6.45) is 8.31. The van der Waals surface area contributed by atoms with E-state index in [0.29, 0.717) is 33.9 Å². The summed E-state index contributed by atoms with van der Waals surface area (Å²) in [6.45, 7) is 4.43. The molecule has 10 nitrogen and oxygen atoms in total. The average Bonchev–Trinajstić information content (AvgIpc) is 3.86. The summed E-state index contributed by atoms with van der Waals surface area (Å²) in [5.74, 6) is -0.997. The Kier molecular flexibility index (Phi) is 9.96. The number of hydrogen-bond donors (Lipinski definition) is 0. The number of carbonyl (C=O) groups is 2. The van der Waals surface area contributed by atoms with Crippen LogP contribution in [-0.4, -0.2) is 44.1 Å². The first-order valence-corrected chi connectivity index (χ1v) is 22.5. The molecule has 0 amide bonds. The fourth-order valence-electron chi connectivity index (χ4n) is 8.20. The number of anilines is 6. The SMILES string of the molecule is CN1C=CN2[C]1=[Pt]=[C]1N(C)C=CN1c1[c-]c(ccc1)N(N1c3c(C(=O)OCc4ccccc4)cccc3C(C)(C)c3cccc(C(=O)OCc4ccccc4)c31)c1[c-]c2ccc1. The Labute approximate surface area is 369 Å². The van der Waals surface area contributed by atoms with Gasteiger partial charge in [-0.25, -0.2) is 0 Å². The normalized spacial score (nSPS) is 15.8. The van der Waals surface area contributed by atoms with E-state index in [0.717, 1.165) is 41.9 Å². The molecular formula is C51H42N6O4Pt-2. The molecule has 0 aliphatic carbocycles. The van der Waals surface area contributed by atoms with E-state index in [1.807, 2.05) is 107 Å². The molecule has 4 aliphatic rings. The first kappa shape index (κ1) is 39.1. The first-order valence-electron chi connectivity index (χ1n) is 20.2.